The highest BCUT2D eigenvalue weighted by Gasteiger charge is 2.14. The summed E-state index contributed by atoms with van der Waals surface area (Å²) in [4.78, 5) is 6.75. The van der Waals surface area contributed by atoms with E-state index in [1.54, 1.807) is 0 Å². The first kappa shape index (κ1) is 11.7. The normalized spacial score (nSPS) is 16.8. The van der Waals surface area contributed by atoms with E-state index in [-0.39, 0.29) is 0 Å². The van der Waals surface area contributed by atoms with E-state index in [0.717, 1.165) is 35.4 Å². The van der Waals surface area contributed by atoms with Gasteiger partial charge in [0.05, 0.1) is 16.9 Å². The molecule has 4 heteroatoms. The van der Waals surface area contributed by atoms with Crippen LogP contribution < -0.4 is 10.6 Å². The number of anilines is 2. The predicted octanol–water partition coefficient (Wildman–Crippen LogP) is 2.76. The largest absolute Gasteiger partial charge is 0.396 e. The Morgan fingerprint density at radius 1 is 1.17 bits per heavy atom. The third-order valence-electron chi connectivity index (χ3n) is 3.37. The van der Waals surface area contributed by atoms with E-state index < -0.39 is 0 Å². The van der Waals surface area contributed by atoms with E-state index in [1.807, 2.05) is 30.1 Å². The summed E-state index contributed by atoms with van der Waals surface area (Å²) in [5.74, 6) is 2.44. The standard InChI is InChI=1S/C14H17N3S/c15-14-11-3-1-6-16-12(11)4-5-13(14)17-7-2-9-18-10-8-17/h1,3-6H,2,7-10,15H2. The molecule has 1 aliphatic heterocycles. The Morgan fingerprint density at radius 3 is 3.06 bits per heavy atom. The monoisotopic (exact) mass is 259 g/mol. The van der Waals surface area contributed by atoms with Gasteiger partial charge in [0.2, 0.25) is 0 Å². The molecule has 18 heavy (non-hydrogen) atoms. The van der Waals surface area contributed by atoms with Crippen LogP contribution in [0.15, 0.2) is 30.5 Å². The molecule has 1 aliphatic rings. The molecule has 0 saturated carbocycles. The van der Waals surface area contributed by atoms with Gasteiger partial charge in [-0.1, -0.05) is 0 Å². The molecule has 1 aromatic heterocycles. The van der Waals surface area contributed by atoms with Gasteiger partial charge in [0.1, 0.15) is 0 Å². The van der Waals surface area contributed by atoms with Crippen molar-refractivity contribution in [3.8, 4) is 0 Å². The zero-order chi connectivity index (χ0) is 12.4. The first-order chi connectivity index (χ1) is 8.86. The average molecular weight is 259 g/mol. The minimum atomic E-state index is 0.868. The average Bonchev–Trinajstić information content (AvgIpc) is 2.68. The van der Waals surface area contributed by atoms with Crippen LogP contribution in [0, 0.1) is 0 Å². The third-order valence-corrected chi connectivity index (χ3v) is 4.42. The lowest BCUT2D eigenvalue weighted by Gasteiger charge is -2.24. The zero-order valence-electron chi connectivity index (χ0n) is 10.3. The smallest absolute Gasteiger partial charge is 0.0724 e. The highest BCUT2D eigenvalue weighted by Crippen LogP contribution is 2.31. The second-order valence-corrected chi connectivity index (χ2v) is 5.75. The number of hydrogen-bond donors (Lipinski definition) is 1. The van der Waals surface area contributed by atoms with E-state index in [1.165, 1.54) is 17.9 Å². The summed E-state index contributed by atoms with van der Waals surface area (Å²) in [6, 6.07) is 8.17. The maximum Gasteiger partial charge on any atom is 0.0724 e. The molecule has 3 nitrogen and oxygen atoms in total. The summed E-state index contributed by atoms with van der Waals surface area (Å²) in [6.45, 7) is 2.18. The van der Waals surface area contributed by atoms with Gasteiger partial charge in [-0.25, -0.2) is 0 Å². The van der Waals surface area contributed by atoms with E-state index in [9.17, 15) is 0 Å². The molecule has 2 N–H and O–H groups in total. The van der Waals surface area contributed by atoms with E-state index in [0.29, 0.717) is 0 Å². The number of hydrogen-bond acceptors (Lipinski definition) is 4. The van der Waals surface area contributed by atoms with Crippen molar-refractivity contribution in [3.05, 3.63) is 30.5 Å². The van der Waals surface area contributed by atoms with Crippen molar-refractivity contribution in [3.63, 3.8) is 0 Å². The molecular formula is C14H17N3S. The zero-order valence-corrected chi connectivity index (χ0v) is 11.1. The van der Waals surface area contributed by atoms with Gasteiger partial charge in [-0.3, -0.25) is 4.98 Å². The summed E-state index contributed by atoms with van der Waals surface area (Å²) in [5, 5.41) is 1.06. The SMILES string of the molecule is Nc1c(N2CCCSCC2)ccc2ncccc12. The van der Waals surface area contributed by atoms with Crippen LogP contribution in [0.2, 0.25) is 0 Å². The highest BCUT2D eigenvalue weighted by atomic mass is 32.2. The van der Waals surface area contributed by atoms with Gasteiger partial charge in [-0.05, 0) is 36.4 Å². The Kier molecular flexibility index (Phi) is 3.28. The molecule has 3 rings (SSSR count). The molecule has 0 amide bonds. The maximum absolute atomic E-state index is 6.31. The minimum Gasteiger partial charge on any atom is -0.396 e. The molecule has 2 heterocycles. The fourth-order valence-electron chi connectivity index (χ4n) is 2.43. The van der Waals surface area contributed by atoms with Crippen LogP contribution >= 0.6 is 11.8 Å². The number of pyridine rings is 1. The molecule has 1 fully saturated rings. The van der Waals surface area contributed by atoms with Crippen molar-refractivity contribution in [2.24, 2.45) is 0 Å². The van der Waals surface area contributed by atoms with Crippen molar-refractivity contribution in [2.75, 3.05) is 35.2 Å². The number of fused-ring (bicyclic) bond motifs is 1. The van der Waals surface area contributed by atoms with Gasteiger partial charge in [-0.15, -0.1) is 0 Å². The molecule has 0 spiro atoms. The molecule has 0 radical (unpaired) electrons. The maximum atomic E-state index is 6.31. The molecule has 1 saturated heterocycles. The number of nitrogens with zero attached hydrogens (tertiary/aromatic N) is 2. The lowest BCUT2D eigenvalue weighted by Crippen LogP contribution is -2.26. The molecule has 0 bridgehead atoms. The van der Waals surface area contributed by atoms with E-state index in [4.69, 9.17) is 5.73 Å². The fourth-order valence-corrected chi connectivity index (χ4v) is 3.31. The molecule has 0 unspecified atom stereocenters. The number of nitrogens with two attached hydrogens (primary N) is 1. The van der Waals surface area contributed by atoms with Crippen molar-refractivity contribution < 1.29 is 0 Å². The van der Waals surface area contributed by atoms with Crippen molar-refractivity contribution in [1.29, 1.82) is 0 Å². The quantitative estimate of drug-likeness (QED) is 0.800. The van der Waals surface area contributed by atoms with E-state index in [2.05, 4.69) is 22.0 Å². The van der Waals surface area contributed by atoms with E-state index >= 15 is 0 Å². The lowest BCUT2D eigenvalue weighted by atomic mass is 10.1. The molecule has 0 atom stereocenters. The van der Waals surface area contributed by atoms with Crippen LogP contribution in [0.4, 0.5) is 11.4 Å². The highest BCUT2D eigenvalue weighted by molar-refractivity contribution is 7.99. The number of nitrogen functional groups attached to an aromatic ring is 1. The first-order valence-corrected chi connectivity index (χ1v) is 7.47. The Hall–Kier alpha value is -1.42. The summed E-state index contributed by atoms with van der Waals surface area (Å²) in [6.07, 6.45) is 3.04. The minimum absolute atomic E-state index is 0.868. The topological polar surface area (TPSA) is 42.1 Å². The van der Waals surface area contributed by atoms with Crippen LogP contribution in [0.1, 0.15) is 6.42 Å². The summed E-state index contributed by atoms with van der Waals surface area (Å²) in [7, 11) is 0. The van der Waals surface area contributed by atoms with Crippen LogP contribution in [-0.2, 0) is 0 Å². The number of rotatable bonds is 1. The third kappa shape index (κ3) is 2.12. The van der Waals surface area contributed by atoms with Crippen LogP contribution in [0.25, 0.3) is 10.9 Å². The van der Waals surface area contributed by atoms with Gasteiger partial charge >= 0.3 is 0 Å². The molecule has 2 aromatic rings. The summed E-state index contributed by atoms with van der Waals surface area (Å²) in [5.41, 5.74) is 9.32. The number of aromatic nitrogens is 1. The second kappa shape index (κ2) is 5.06. The van der Waals surface area contributed by atoms with Gasteiger partial charge in [-0.2, -0.15) is 11.8 Å². The first-order valence-electron chi connectivity index (χ1n) is 6.32. The van der Waals surface area contributed by atoms with Gasteiger partial charge < -0.3 is 10.6 Å². The van der Waals surface area contributed by atoms with Crippen molar-refractivity contribution in [1.82, 2.24) is 4.98 Å². The number of benzene rings is 1. The molecule has 1 aromatic carbocycles. The second-order valence-electron chi connectivity index (χ2n) is 4.52. The molecule has 94 valence electrons. The van der Waals surface area contributed by atoms with Crippen LogP contribution in [0.5, 0.6) is 0 Å². The van der Waals surface area contributed by atoms with Gasteiger partial charge in [0, 0.05) is 30.4 Å². The predicted molar refractivity (Wildman–Crippen MR) is 80.3 cm³/mol. The van der Waals surface area contributed by atoms with Crippen LogP contribution in [0.3, 0.4) is 0 Å². The Labute approximate surface area is 111 Å². The fraction of sp³-hybridized carbons (Fsp3) is 0.357. The summed E-state index contributed by atoms with van der Waals surface area (Å²) < 4.78 is 0. The van der Waals surface area contributed by atoms with Gasteiger partial charge in [0.15, 0.2) is 0 Å². The Bertz CT molecular complexity index is 548. The molecule has 0 aliphatic carbocycles. The Morgan fingerprint density at radius 2 is 2.11 bits per heavy atom. The van der Waals surface area contributed by atoms with Crippen molar-refractivity contribution >= 4 is 34.0 Å². The summed E-state index contributed by atoms with van der Waals surface area (Å²) >= 11 is 2.03. The van der Waals surface area contributed by atoms with Crippen molar-refractivity contribution in [2.45, 2.75) is 6.42 Å². The Balaban J connectivity index is 2.03. The van der Waals surface area contributed by atoms with Crippen LogP contribution in [-0.4, -0.2) is 29.6 Å². The molecular weight excluding hydrogens is 242 g/mol. The number of thioether (sulfide) groups is 1. The van der Waals surface area contributed by atoms with Gasteiger partial charge in [0.25, 0.3) is 0 Å². The lowest BCUT2D eigenvalue weighted by molar-refractivity contribution is 0.818.